The highest BCUT2D eigenvalue weighted by Crippen LogP contribution is 2.24. The van der Waals surface area contributed by atoms with E-state index >= 15 is 0 Å². The van der Waals surface area contributed by atoms with Crippen LogP contribution in [0.5, 0.6) is 5.75 Å². The van der Waals surface area contributed by atoms with Crippen molar-refractivity contribution in [3.8, 4) is 5.75 Å². The molecule has 4 rings (SSSR count). The van der Waals surface area contributed by atoms with E-state index < -0.39 is 10.0 Å². The largest absolute Gasteiger partial charge is 0.483 e. The zero-order chi connectivity index (χ0) is 23.9. The van der Waals surface area contributed by atoms with Crippen LogP contribution in [-0.4, -0.2) is 65.5 Å². The predicted molar refractivity (Wildman–Crippen MR) is 125 cm³/mol. The van der Waals surface area contributed by atoms with Crippen LogP contribution in [0.2, 0.25) is 0 Å². The maximum atomic E-state index is 13.2. The molecule has 2 heterocycles. The van der Waals surface area contributed by atoms with Crippen molar-refractivity contribution in [2.75, 3.05) is 32.8 Å². The van der Waals surface area contributed by atoms with Crippen molar-refractivity contribution in [3.05, 3.63) is 58.0 Å². The Morgan fingerprint density at radius 1 is 0.939 bits per heavy atom. The van der Waals surface area contributed by atoms with E-state index in [0.717, 1.165) is 11.1 Å². The number of imidazole rings is 1. The lowest BCUT2D eigenvalue weighted by Gasteiger charge is -2.34. The zero-order valence-corrected chi connectivity index (χ0v) is 20.1. The van der Waals surface area contributed by atoms with Crippen molar-refractivity contribution >= 4 is 27.0 Å². The van der Waals surface area contributed by atoms with Crippen LogP contribution in [0, 0.1) is 13.8 Å². The molecule has 0 bridgehead atoms. The Morgan fingerprint density at radius 3 is 2.18 bits per heavy atom. The molecule has 0 N–H and O–H groups in total. The number of piperazine rings is 1. The fourth-order valence-corrected chi connectivity index (χ4v) is 5.67. The first kappa shape index (κ1) is 23.1. The summed E-state index contributed by atoms with van der Waals surface area (Å²) in [5.74, 6) is 0.535. The first-order valence-electron chi connectivity index (χ1n) is 10.7. The fraction of sp³-hybridized carbons (Fsp3) is 0.391. The van der Waals surface area contributed by atoms with Gasteiger partial charge in [0.15, 0.2) is 6.61 Å². The summed E-state index contributed by atoms with van der Waals surface area (Å²) in [7, 11) is -0.481. The number of ether oxygens (including phenoxy) is 1. The van der Waals surface area contributed by atoms with Crippen LogP contribution in [-0.2, 0) is 28.9 Å². The number of rotatable bonds is 5. The van der Waals surface area contributed by atoms with Crippen molar-refractivity contribution in [1.29, 1.82) is 0 Å². The van der Waals surface area contributed by atoms with Crippen molar-refractivity contribution in [2.24, 2.45) is 14.1 Å². The Morgan fingerprint density at radius 2 is 1.55 bits per heavy atom. The molecule has 10 heteroatoms. The Hall–Kier alpha value is -3.11. The molecule has 0 atom stereocenters. The number of nitrogens with zero attached hydrogens (tertiary/aromatic N) is 4. The smallest absolute Gasteiger partial charge is 0.328 e. The van der Waals surface area contributed by atoms with E-state index in [1.807, 2.05) is 32.0 Å². The molecule has 33 heavy (non-hydrogen) atoms. The summed E-state index contributed by atoms with van der Waals surface area (Å²) in [6.45, 7) is 4.76. The molecule has 0 unspecified atom stereocenters. The number of aryl methyl sites for hydroxylation is 4. The number of amides is 1. The molecular formula is C23H28N4O5S. The number of benzene rings is 2. The van der Waals surface area contributed by atoms with Crippen molar-refractivity contribution < 1.29 is 17.9 Å². The SMILES string of the molecule is Cc1cccc(C)c1OCC(=O)N1CCN(S(=O)(=O)c2ccc3c(c2)n(C)c(=O)n3C)CC1. The predicted octanol–water partition coefficient (Wildman–Crippen LogP) is 1.41. The lowest BCUT2D eigenvalue weighted by Crippen LogP contribution is -2.51. The molecule has 9 nitrogen and oxygen atoms in total. The molecule has 0 spiro atoms. The van der Waals surface area contributed by atoms with Crippen molar-refractivity contribution in [1.82, 2.24) is 18.3 Å². The maximum absolute atomic E-state index is 13.2. The van der Waals surface area contributed by atoms with E-state index in [-0.39, 0.29) is 36.2 Å². The average molecular weight is 473 g/mol. The normalized spacial score (nSPS) is 15.2. The number of aromatic nitrogens is 2. The molecule has 1 aliphatic heterocycles. The maximum Gasteiger partial charge on any atom is 0.328 e. The quantitative estimate of drug-likeness (QED) is 0.560. The van der Waals surface area contributed by atoms with Crippen molar-refractivity contribution in [3.63, 3.8) is 0 Å². The van der Waals surface area contributed by atoms with Crippen LogP contribution in [0.15, 0.2) is 46.1 Å². The zero-order valence-electron chi connectivity index (χ0n) is 19.2. The third kappa shape index (κ3) is 4.16. The lowest BCUT2D eigenvalue weighted by molar-refractivity contribution is -0.134. The summed E-state index contributed by atoms with van der Waals surface area (Å²) >= 11 is 0. The minimum atomic E-state index is -3.75. The van der Waals surface area contributed by atoms with Gasteiger partial charge in [-0.2, -0.15) is 4.31 Å². The summed E-state index contributed by atoms with van der Waals surface area (Å²) in [4.78, 5) is 26.5. The molecule has 176 valence electrons. The number of para-hydroxylation sites is 1. The topological polar surface area (TPSA) is 93.8 Å². The molecule has 1 fully saturated rings. The van der Waals surface area contributed by atoms with Crippen LogP contribution >= 0.6 is 0 Å². The van der Waals surface area contributed by atoms with Gasteiger partial charge in [-0.15, -0.1) is 0 Å². The molecule has 1 aliphatic rings. The van der Waals surface area contributed by atoms with Gasteiger partial charge in [0.25, 0.3) is 5.91 Å². The van der Waals surface area contributed by atoms with E-state index in [2.05, 4.69) is 0 Å². The van der Waals surface area contributed by atoms with Gasteiger partial charge < -0.3 is 9.64 Å². The van der Waals surface area contributed by atoms with Crippen molar-refractivity contribution in [2.45, 2.75) is 18.7 Å². The van der Waals surface area contributed by atoms with Gasteiger partial charge in [0.1, 0.15) is 5.75 Å². The number of hydrogen-bond donors (Lipinski definition) is 0. The second-order valence-corrected chi connectivity index (χ2v) is 10.3. The standard InChI is InChI=1S/C23H28N4O5S/c1-16-6-5-7-17(2)22(16)32-15-21(28)26-10-12-27(13-11-26)33(30,31)18-8-9-19-20(14-18)25(4)23(29)24(19)3/h5-9,14H,10-13,15H2,1-4H3. The molecule has 1 aromatic heterocycles. The van der Waals surface area contributed by atoms with E-state index in [1.165, 1.54) is 25.6 Å². The number of hydrogen-bond acceptors (Lipinski definition) is 5. The average Bonchev–Trinajstić information content (AvgIpc) is 3.02. The lowest BCUT2D eigenvalue weighted by atomic mass is 10.1. The molecule has 3 aromatic rings. The first-order chi connectivity index (χ1) is 15.6. The summed E-state index contributed by atoms with van der Waals surface area (Å²) in [5, 5.41) is 0. The van der Waals surface area contributed by atoms with Gasteiger partial charge in [0.2, 0.25) is 10.0 Å². The van der Waals surface area contributed by atoms with Gasteiger partial charge >= 0.3 is 5.69 Å². The number of fused-ring (bicyclic) bond motifs is 1. The molecule has 2 aromatic carbocycles. The van der Waals surface area contributed by atoms with E-state index in [4.69, 9.17) is 4.74 Å². The van der Waals surface area contributed by atoms with E-state index in [0.29, 0.717) is 29.9 Å². The van der Waals surface area contributed by atoms with Crippen LogP contribution in [0.3, 0.4) is 0 Å². The number of sulfonamides is 1. The summed E-state index contributed by atoms with van der Waals surface area (Å²) in [6.07, 6.45) is 0. The highest BCUT2D eigenvalue weighted by molar-refractivity contribution is 7.89. The first-order valence-corrected chi connectivity index (χ1v) is 12.2. The fourth-order valence-electron chi connectivity index (χ4n) is 4.23. The number of carbonyl (C=O) groups is 1. The molecule has 1 saturated heterocycles. The minimum absolute atomic E-state index is 0.0862. The molecule has 0 aliphatic carbocycles. The molecule has 0 saturated carbocycles. The third-order valence-corrected chi connectivity index (χ3v) is 8.12. The Labute approximate surface area is 192 Å². The Kier molecular flexibility index (Phi) is 6.06. The number of carbonyl (C=O) groups excluding carboxylic acids is 1. The molecular weight excluding hydrogens is 444 g/mol. The molecule has 1 amide bonds. The van der Waals surface area contributed by atoms with Crippen LogP contribution in [0.4, 0.5) is 0 Å². The highest BCUT2D eigenvalue weighted by Gasteiger charge is 2.31. The van der Waals surface area contributed by atoms with Gasteiger partial charge in [-0.3, -0.25) is 13.9 Å². The molecule has 0 radical (unpaired) electrons. The van der Waals surface area contributed by atoms with E-state index in [9.17, 15) is 18.0 Å². The van der Waals surface area contributed by atoms with Gasteiger partial charge in [0.05, 0.1) is 15.9 Å². The van der Waals surface area contributed by atoms with E-state index in [1.54, 1.807) is 25.1 Å². The van der Waals surface area contributed by atoms with Crippen LogP contribution in [0.1, 0.15) is 11.1 Å². The van der Waals surface area contributed by atoms with Gasteiger partial charge in [-0.1, -0.05) is 18.2 Å². The summed E-state index contributed by atoms with van der Waals surface area (Å²) in [5.41, 5.74) is 2.94. The monoisotopic (exact) mass is 472 g/mol. The van der Waals surface area contributed by atoms with Crippen LogP contribution < -0.4 is 10.4 Å². The summed E-state index contributed by atoms with van der Waals surface area (Å²) < 4.78 is 36.5. The minimum Gasteiger partial charge on any atom is -0.483 e. The van der Waals surface area contributed by atoms with Gasteiger partial charge in [0, 0.05) is 40.3 Å². The van der Waals surface area contributed by atoms with Gasteiger partial charge in [-0.05, 0) is 43.2 Å². The second-order valence-electron chi connectivity index (χ2n) is 8.35. The Bertz CT molecular complexity index is 1360. The second kappa shape index (κ2) is 8.68. The van der Waals surface area contributed by atoms with Gasteiger partial charge in [-0.25, -0.2) is 13.2 Å². The Balaban J connectivity index is 1.43. The third-order valence-electron chi connectivity index (χ3n) is 6.22. The summed E-state index contributed by atoms with van der Waals surface area (Å²) in [6, 6.07) is 10.5. The highest BCUT2D eigenvalue weighted by atomic mass is 32.2. The van der Waals surface area contributed by atoms with Crippen LogP contribution in [0.25, 0.3) is 11.0 Å².